The maximum Gasteiger partial charge on any atom is 2.00 e. The third-order valence-corrected chi connectivity index (χ3v) is 3.50. The first-order chi connectivity index (χ1) is 11.2. The minimum Gasteiger partial charge on any atom is -0.875 e. The molecule has 3 rings (SSSR count). The molecule has 0 fully saturated rings. The van der Waals surface area contributed by atoms with E-state index in [1.165, 1.54) is 0 Å². The van der Waals surface area contributed by atoms with Crippen LogP contribution in [-0.2, 0) is 23.5 Å². The van der Waals surface area contributed by atoms with E-state index in [1.807, 2.05) is 85.9 Å². The van der Waals surface area contributed by atoms with E-state index in [1.54, 1.807) is 0 Å². The summed E-state index contributed by atoms with van der Waals surface area (Å²) in [6.45, 7) is 1.87. The maximum atomic E-state index is 11.7. The molecule has 0 saturated carbocycles. The van der Waals surface area contributed by atoms with E-state index in [9.17, 15) is 10.2 Å². The van der Waals surface area contributed by atoms with Crippen molar-refractivity contribution in [3.63, 3.8) is 0 Å². The average Bonchev–Trinajstić information content (AvgIpc) is 3.29. The first-order valence-corrected chi connectivity index (χ1v) is 7.74. The first kappa shape index (κ1) is 19.8. The molecule has 0 saturated heterocycles. The number of hydrogen-bond donors (Lipinski definition) is 0. The Morgan fingerprint density at radius 1 is 0.750 bits per heavy atom. The summed E-state index contributed by atoms with van der Waals surface area (Å²) >= 11 is 0. The molecular formula is C21H20FeO2. The van der Waals surface area contributed by atoms with E-state index in [-0.39, 0.29) is 28.6 Å². The second kappa shape index (κ2) is 10.5. The summed E-state index contributed by atoms with van der Waals surface area (Å²) in [5.41, 5.74) is 2.70. The Hall–Kier alpha value is -2.22. The summed E-state index contributed by atoms with van der Waals surface area (Å²) in [6, 6.07) is 9.80. The second-order valence-electron chi connectivity index (χ2n) is 5.21. The van der Waals surface area contributed by atoms with Crippen LogP contribution in [0.4, 0.5) is 0 Å². The standard InChI is InChI=1S/C13H12O.C8H10O.Fe/c14-13(12-8-4-5-9-12)10-11-6-2-1-3-7-11;1-2-8(9)7-5-3-4-6-7;/h1-9,14H,10H2;3-6,9H,2H2,1H3;/q;;+2/p-2. The van der Waals surface area contributed by atoms with Crippen LogP contribution in [0.3, 0.4) is 0 Å². The summed E-state index contributed by atoms with van der Waals surface area (Å²) in [4.78, 5) is 0. The zero-order valence-electron chi connectivity index (χ0n) is 13.6. The van der Waals surface area contributed by atoms with Crippen molar-refractivity contribution in [3.05, 3.63) is 107 Å². The van der Waals surface area contributed by atoms with Crippen LogP contribution in [-0.4, -0.2) is 0 Å². The summed E-state index contributed by atoms with van der Waals surface area (Å²) < 4.78 is 0. The molecule has 1 aromatic rings. The molecule has 0 spiro atoms. The molecule has 0 aromatic heterocycles. The Bertz CT molecular complexity index is 677. The van der Waals surface area contributed by atoms with Gasteiger partial charge in [0.2, 0.25) is 0 Å². The normalized spacial score (nSPS) is 13.5. The van der Waals surface area contributed by atoms with Gasteiger partial charge in [0.1, 0.15) is 0 Å². The second-order valence-corrected chi connectivity index (χ2v) is 5.21. The van der Waals surface area contributed by atoms with Crippen molar-refractivity contribution in [2.45, 2.75) is 19.8 Å². The molecule has 24 heavy (non-hydrogen) atoms. The fourth-order valence-electron chi connectivity index (χ4n) is 2.21. The Balaban J connectivity index is 0.000000252. The molecule has 2 aliphatic rings. The summed E-state index contributed by atoms with van der Waals surface area (Å²) in [7, 11) is 0. The zero-order chi connectivity index (χ0) is 16.5. The molecule has 0 unspecified atom stereocenters. The first-order valence-electron chi connectivity index (χ1n) is 7.74. The maximum absolute atomic E-state index is 11.7. The fourth-order valence-corrected chi connectivity index (χ4v) is 2.21. The van der Waals surface area contributed by atoms with E-state index in [4.69, 9.17) is 0 Å². The van der Waals surface area contributed by atoms with Crippen LogP contribution in [0.25, 0.3) is 0 Å². The molecule has 0 amide bonds. The molecule has 1 aromatic carbocycles. The molecule has 3 heteroatoms. The molecule has 0 heterocycles. The van der Waals surface area contributed by atoms with Gasteiger partial charge in [0, 0.05) is 0 Å². The smallest absolute Gasteiger partial charge is 0.875 e. The van der Waals surface area contributed by atoms with Gasteiger partial charge in [-0.05, 0) is 29.6 Å². The molecule has 0 bridgehead atoms. The monoisotopic (exact) mass is 360 g/mol. The molecule has 2 nitrogen and oxygen atoms in total. The molecule has 2 aliphatic carbocycles. The third kappa shape index (κ3) is 6.11. The molecule has 0 aliphatic heterocycles. The fraction of sp³-hybridized carbons (Fsp3) is 0.143. The Morgan fingerprint density at radius 2 is 1.21 bits per heavy atom. The Labute approximate surface area is 154 Å². The number of rotatable bonds is 3. The predicted molar refractivity (Wildman–Crippen MR) is 91.0 cm³/mol. The summed E-state index contributed by atoms with van der Waals surface area (Å²) in [5, 5.41) is 22.5. The van der Waals surface area contributed by atoms with E-state index >= 15 is 0 Å². The van der Waals surface area contributed by atoms with Gasteiger partial charge in [-0.25, -0.2) is 0 Å². The van der Waals surface area contributed by atoms with Crippen molar-refractivity contribution in [1.29, 1.82) is 0 Å². The number of benzene rings is 1. The number of hydrogen-bond acceptors (Lipinski definition) is 2. The molecule has 0 N–H and O–H groups in total. The van der Waals surface area contributed by atoms with E-state index in [2.05, 4.69) is 0 Å². The number of allylic oxidation sites excluding steroid dienone is 12. The van der Waals surface area contributed by atoms with Crippen molar-refractivity contribution in [2.24, 2.45) is 0 Å². The van der Waals surface area contributed by atoms with Gasteiger partial charge in [-0.1, -0.05) is 85.9 Å². The van der Waals surface area contributed by atoms with Crippen LogP contribution in [0.1, 0.15) is 18.9 Å². The van der Waals surface area contributed by atoms with E-state index in [0.717, 1.165) is 16.7 Å². The van der Waals surface area contributed by atoms with Gasteiger partial charge in [0.15, 0.2) is 0 Å². The van der Waals surface area contributed by atoms with Crippen molar-refractivity contribution in [3.8, 4) is 0 Å². The molecule has 0 radical (unpaired) electrons. The minimum absolute atomic E-state index is 0. The van der Waals surface area contributed by atoms with Crippen LogP contribution < -0.4 is 10.2 Å². The summed E-state index contributed by atoms with van der Waals surface area (Å²) in [5.74, 6) is 0.404. The van der Waals surface area contributed by atoms with Crippen molar-refractivity contribution in [1.82, 2.24) is 0 Å². The van der Waals surface area contributed by atoms with E-state index < -0.39 is 0 Å². The van der Waals surface area contributed by atoms with E-state index in [0.29, 0.717) is 12.8 Å². The molecule has 0 atom stereocenters. The van der Waals surface area contributed by atoms with Crippen LogP contribution in [0.5, 0.6) is 0 Å². The van der Waals surface area contributed by atoms with Gasteiger partial charge in [-0.15, -0.1) is 11.5 Å². The van der Waals surface area contributed by atoms with Gasteiger partial charge >= 0.3 is 17.1 Å². The van der Waals surface area contributed by atoms with Gasteiger partial charge in [0.25, 0.3) is 0 Å². The quantitative estimate of drug-likeness (QED) is 0.614. The van der Waals surface area contributed by atoms with Crippen LogP contribution in [0.2, 0.25) is 0 Å². The Morgan fingerprint density at radius 3 is 1.67 bits per heavy atom. The van der Waals surface area contributed by atoms with Crippen molar-refractivity contribution in [2.75, 3.05) is 0 Å². The minimum atomic E-state index is 0. The molecular weight excluding hydrogens is 340 g/mol. The van der Waals surface area contributed by atoms with Gasteiger partial charge in [0.05, 0.1) is 0 Å². The van der Waals surface area contributed by atoms with Crippen LogP contribution in [0, 0.1) is 0 Å². The average molecular weight is 360 g/mol. The SMILES string of the molecule is CCC([O-])=C1C=CC=C1.[Fe+2].[O-]C(Cc1ccccc1)=C1C=CC=C1. The van der Waals surface area contributed by atoms with Crippen molar-refractivity contribution >= 4 is 0 Å². The van der Waals surface area contributed by atoms with Crippen molar-refractivity contribution < 1.29 is 27.3 Å². The van der Waals surface area contributed by atoms with Crippen LogP contribution >= 0.6 is 0 Å². The predicted octanol–water partition coefficient (Wildman–Crippen LogP) is 3.10. The van der Waals surface area contributed by atoms with Gasteiger partial charge in [-0.2, -0.15) is 0 Å². The zero-order valence-corrected chi connectivity index (χ0v) is 14.7. The molecule has 124 valence electrons. The topological polar surface area (TPSA) is 46.1 Å². The largest absolute Gasteiger partial charge is 2.00 e. The third-order valence-electron chi connectivity index (χ3n) is 3.50. The van der Waals surface area contributed by atoms with Gasteiger partial charge in [-0.3, -0.25) is 0 Å². The van der Waals surface area contributed by atoms with Gasteiger partial charge < -0.3 is 10.2 Å². The Kier molecular flexibility index (Phi) is 8.70. The van der Waals surface area contributed by atoms with Crippen LogP contribution in [0.15, 0.2) is 102 Å². The summed E-state index contributed by atoms with van der Waals surface area (Å²) in [6.07, 6.45) is 16.0.